The average Bonchev–Trinajstić information content (AvgIpc) is 2.51. The highest BCUT2D eigenvalue weighted by atomic mass is 35.5. The first-order valence-electron chi connectivity index (χ1n) is 6.71. The molecule has 2 aromatic carbocycles. The second kappa shape index (κ2) is 5.62. The largest absolute Gasteiger partial charge is 0.507 e. The molecule has 3 rings (SSSR count). The maximum absolute atomic E-state index is 10.1. The molecule has 0 fully saturated rings. The van der Waals surface area contributed by atoms with Gasteiger partial charge in [0.2, 0.25) is 0 Å². The van der Waals surface area contributed by atoms with Crippen LogP contribution in [0.1, 0.15) is 11.1 Å². The number of nitrogens with one attached hydrogen (secondary N) is 1. The summed E-state index contributed by atoms with van der Waals surface area (Å²) in [6.07, 6.45) is 1.73. The van der Waals surface area contributed by atoms with Crippen LogP contribution in [0.25, 0.3) is 10.9 Å². The number of nitrogens with zero attached hydrogens (tertiary/aromatic N) is 1. The second-order valence-corrected chi connectivity index (χ2v) is 5.34. The fourth-order valence-corrected chi connectivity index (χ4v) is 2.56. The normalized spacial score (nSPS) is 10.8. The minimum Gasteiger partial charge on any atom is -0.507 e. The van der Waals surface area contributed by atoms with Crippen LogP contribution < -0.4 is 5.32 Å². The molecule has 0 amide bonds. The standard InChI is InChI=1S/C17H15ClN2O/c1-11-4-2-5-12(17(11)21)10-20-15-8-7-14(18)16-13(15)6-3-9-19-16/h2-9,20-21H,10H2,1H3. The van der Waals surface area contributed by atoms with E-state index in [1.807, 2.05) is 49.4 Å². The molecule has 4 heteroatoms. The highest BCUT2D eigenvalue weighted by Crippen LogP contribution is 2.29. The maximum atomic E-state index is 10.1. The van der Waals surface area contributed by atoms with E-state index in [4.69, 9.17) is 11.6 Å². The van der Waals surface area contributed by atoms with Gasteiger partial charge in [-0.3, -0.25) is 4.98 Å². The molecule has 3 nitrogen and oxygen atoms in total. The molecule has 0 bridgehead atoms. The number of phenolic OH excluding ortho intramolecular Hbond substituents is 1. The van der Waals surface area contributed by atoms with Crippen molar-refractivity contribution in [2.45, 2.75) is 13.5 Å². The Hall–Kier alpha value is -2.26. The predicted molar refractivity (Wildman–Crippen MR) is 86.9 cm³/mol. The van der Waals surface area contributed by atoms with Crippen LogP contribution in [-0.2, 0) is 6.54 Å². The molecule has 0 aliphatic heterocycles. The number of aromatic nitrogens is 1. The molecule has 0 aliphatic carbocycles. The first kappa shape index (κ1) is 13.7. The zero-order chi connectivity index (χ0) is 14.8. The predicted octanol–water partition coefficient (Wildman–Crippen LogP) is 4.51. The molecule has 2 N–H and O–H groups in total. The van der Waals surface area contributed by atoms with Crippen molar-refractivity contribution < 1.29 is 5.11 Å². The van der Waals surface area contributed by atoms with Gasteiger partial charge in [0.25, 0.3) is 0 Å². The number of aromatic hydroxyl groups is 1. The van der Waals surface area contributed by atoms with Crippen molar-refractivity contribution >= 4 is 28.2 Å². The monoisotopic (exact) mass is 298 g/mol. The minimum absolute atomic E-state index is 0.335. The van der Waals surface area contributed by atoms with Gasteiger partial charge in [-0.15, -0.1) is 0 Å². The lowest BCUT2D eigenvalue weighted by Gasteiger charge is -2.12. The van der Waals surface area contributed by atoms with E-state index in [-0.39, 0.29) is 0 Å². The Morgan fingerprint density at radius 1 is 1.14 bits per heavy atom. The van der Waals surface area contributed by atoms with Crippen LogP contribution in [0, 0.1) is 6.92 Å². The average molecular weight is 299 g/mol. The molecule has 1 heterocycles. The van der Waals surface area contributed by atoms with Gasteiger partial charge in [0, 0.05) is 29.4 Å². The van der Waals surface area contributed by atoms with Crippen molar-refractivity contribution in [3.05, 3.63) is 64.8 Å². The van der Waals surface area contributed by atoms with Gasteiger partial charge < -0.3 is 10.4 Å². The van der Waals surface area contributed by atoms with Crippen molar-refractivity contribution in [2.75, 3.05) is 5.32 Å². The van der Waals surface area contributed by atoms with E-state index in [9.17, 15) is 5.11 Å². The third kappa shape index (κ3) is 2.65. The number of para-hydroxylation sites is 1. The Balaban J connectivity index is 1.92. The summed E-state index contributed by atoms with van der Waals surface area (Å²) >= 11 is 6.16. The number of aryl methyl sites for hydroxylation is 1. The lowest BCUT2D eigenvalue weighted by atomic mass is 10.1. The first-order valence-corrected chi connectivity index (χ1v) is 7.09. The summed E-state index contributed by atoms with van der Waals surface area (Å²) in [6, 6.07) is 13.4. The van der Waals surface area contributed by atoms with E-state index in [2.05, 4.69) is 10.3 Å². The van der Waals surface area contributed by atoms with Crippen LogP contribution in [0.4, 0.5) is 5.69 Å². The van der Waals surface area contributed by atoms with E-state index >= 15 is 0 Å². The topological polar surface area (TPSA) is 45.2 Å². The Morgan fingerprint density at radius 2 is 2.00 bits per heavy atom. The van der Waals surface area contributed by atoms with Crippen LogP contribution >= 0.6 is 11.6 Å². The Morgan fingerprint density at radius 3 is 2.86 bits per heavy atom. The summed E-state index contributed by atoms with van der Waals surface area (Å²) in [5.74, 6) is 0.335. The summed E-state index contributed by atoms with van der Waals surface area (Å²) in [4.78, 5) is 4.31. The summed E-state index contributed by atoms with van der Waals surface area (Å²) in [6.45, 7) is 2.43. The fourth-order valence-electron chi connectivity index (χ4n) is 2.35. The number of anilines is 1. The number of fused-ring (bicyclic) bond motifs is 1. The van der Waals surface area contributed by atoms with Crippen molar-refractivity contribution in [2.24, 2.45) is 0 Å². The summed E-state index contributed by atoms with van der Waals surface area (Å²) in [7, 11) is 0. The first-order chi connectivity index (χ1) is 10.2. The number of halogens is 1. The van der Waals surface area contributed by atoms with Gasteiger partial charge in [-0.2, -0.15) is 0 Å². The van der Waals surface area contributed by atoms with Gasteiger partial charge in [-0.05, 0) is 36.8 Å². The second-order valence-electron chi connectivity index (χ2n) is 4.93. The van der Waals surface area contributed by atoms with Gasteiger partial charge in [-0.25, -0.2) is 0 Å². The zero-order valence-corrected chi connectivity index (χ0v) is 12.4. The van der Waals surface area contributed by atoms with Crippen LogP contribution in [-0.4, -0.2) is 10.1 Å². The van der Waals surface area contributed by atoms with Crippen LogP contribution in [0.2, 0.25) is 5.02 Å². The quantitative estimate of drug-likeness (QED) is 0.747. The minimum atomic E-state index is 0.335. The Labute approximate surface area is 128 Å². The lowest BCUT2D eigenvalue weighted by Crippen LogP contribution is -2.01. The van der Waals surface area contributed by atoms with E-state index in [1.165, 1.54) is 0 Å². The SMILES string of the molecule is Cc1cccc(CNc2ccc(Cl)c3ncccc23)c1O. The van der Waals surface area contributed by atoms with E-state index in [0.717, 1.165) is 27.7 Å². The highest BCUT2D eigenvalue weighted by molar-refractivity contribution is 6.35. The number of phenols is 1. The molecule has 1 aromatic heterocycles. The molecule has 0 atom stereocenters. The summed E-state index contributed by atoms with van der Waals surface area (Å²) < 4.78 is 0. The molecule has 0 unspecified atom stereocenters. The zero-order valence-electron chi connectivity index (χ0n) is 11.6. The summed E-state index contributed by atoms with van der Waals surface area (Å²) in [5.41, 5.74) is 3.46. The van der Waals surface area contributed by atoms with Crippen molar-refractivity contribution in [1.82, 2.24) is 4.98 Å². The third-order valence-electron chi connectivity index (χ3n) is 3.51. The van der Waals surface area contributed by atoms with Crippen molar-refractivity contribution in [1.29, 1.82) is 0 Å². The fraction of sp³-hybridized carbons (Fsp3) is 0.118. The summed E-state index contributed by atoms with van der Waals surface area (Å²) in [5, 5.41) is 15.0. The molecule has 0 radical (unpaired) electrons. The smallest absolute Gasteiger partial charge is 0.123 e. The Bertz CT molecular complexity index is 802. The molecular weight excluding hydrogens is 284 g/mol. The van der Waals surface area contributed by atoms with Gasteiger partial charge in [0.05, 0.1) is 10.5 Å². The number of rotatable bonds is 3. The van der Waals surface area contributed by atoms with Crippen LogP contribution in [0.5, 0.6) is 5.75 Å². The molecule has 3 aromatic rings. The number of benzene rings is 2. The third-order valence-corrected chi connectivity index (χ3v) is 3.82. The molecule has 0 saturated carbocycles. The van der Waals surface area contributed by atoms with Crippen LogP contribution in [0.15, 0.2) is 48.7 Å². The van der Waals surface area contributed by atoms with E-state index in [0.29, 0.717) is 17.3 Å². The number of pyridine rings is 1. The highest BCUT2D eigenvalue weighted by Gasteiger charge is 2.07. The molecule has 0 aliphatic rings. The molecular formula is C17H15ClN2O. The van der Waals surface area contributed by atoms with Gasteiger partial charge in [0.15, 0.2) is 0 Å². The van der Waals surface area contributed by atoms with Gasteiger partial charge in [-0.1, -0.05) is 29.8 Å². The lowest BCUT2D eigenvalue weighted by molar-refractivity contribution is 0.465. The van der Waals surface area contributed by atoms with E-state index < -0.39 is 0 Å². The molecule has 0 saturated heterocycles. The number of hydrogen-bond acceptors (Lipinski definition) is 3. The molecule has 21 heavy (non-hydrogen) atoms. The van der Waals surface area contributed by atoms with Crippen molar-refractivity contribution in [3.63, 3.8) is 0 Å². The number of hydrogen-bond donors (Lipinski definition) is 2. The van der Waals surface area contributed by atoms with Gasteiger partial charge >= 0.3 is 0 Å². The molecule has 0 spiro atoms. The van der Waals surface area contributed by atoms with Crippen LogP contribution in [0.3, 0.4) is 0 Å². The van der Waals surface area contributed by atoms with E-state index in [1.54, 1.807) is 6.20 Å². The van der Waals surface area contributed by atoms with Gasteiger partial charge in [0.1, 0.15) is 5.75 Å². The van der Waals surface area contributed by atoms with Crippen molar-refractivity contribution in [3.8, 4) is 5.75 Å². The molecule has 106 valence electrons. The maximum Gasteiger partial charge on any atom is 0.123 e. The Kier molecular flexibility index (Phi) is 3.67.